The highest BCUT2D eigenvalue weighted by molar-refractivity contribution is 5.96. The molecule has 0 saturated heterocycles. The van der Waals surface area contributed by atoms with Gasteiger partial charge in [-0.1, -0.05) is 18.2 Å². The summed E-state index contributed by atoms with van der Waals surface area (Å²) >= 11 is 0. The zero-order chi connectivity index (χ0) is 17.8. The first kappa shape index (κ1) is 17.0. The fraction of sp³-hybridized carbons (Fsp3) is 0.316. The van der Waals surface area contributed by atoms with E-state index in [2.05, 4.69) is 29.0 Å². The Labute approximate surface area is 146 Å². The third-order valence-electron chi connectivity index (χ3n) is 4.27. The van der Waals surface area contributed by atoms with Crippen molar-refractivity contribution in [3.8, 4) is 0 Å². The second-order valence-corrected chi connectivity index (χ2v) is 5.81. The number of anilines is 2. The molecule has 0 spiro atoms. The average molecular weight is 339 g/mol. The van der Waals surface area contributed by atoms with E-state index in [1.54, 1.807) is 18.3 Å². The number of hydrogen-bond acceptors (Lipinski definition) is 5. The Morgan fingerprint density at radius 1 is 1.20 bits per heavy atom. The number of pyridine rings is 1. The summed E-state index contributed by atoms with van der Waals surface area (Å²) in [6.45, 7) is 5.90. The van der Waals surface area contributed by atoms with Crippen LogP contribution in [-0.2, 0) is 9.53 Å². The number of rotatable bonds is 6. The van der Waals surface area contributed by atoms with Gasteiger partial charge in [0.2, 0.25) is 5.91 Å². The molecular formula is C19H21N3O3. The number of aromatic nitrogens is 1. The first-order valence-electron chi connectivity index (χ1n) is 8.43. The van der Waals surface area contributed by atoms with Gasteiger partial charge in [-0.05, 0) is 32.0 Å². The molecule has 1 aliphatic heterocycles. The average Bonchev–Trinajstić information content (AvgIpc) is 2.93. The van der Waals surface area contributed by atoms with E-state index in [4.69, 9.17) is 4.74 Å². The number of hydrogen-bond donors (Lipinski definition) is 1. The number of fused-ring (bicyclic) bond motifs is 1. The molecule has 2 heterocycles. The SMILES string of the molecule is CCN(CC)c1ccc(NC(=O)CC2OC(=O)c3ccccc32)cn1. The Kier molecular flexibility index (Phi) is 4.97. The summed E-state index contributed by atoms with van der Waals surface area (Å²) in [4.78, 5) is 30.6. The molecule has 6 heteroatoms. The lowest BCUT2D eigenvalue weighted by Gasteiger charge is -2.19. The highest BCUT2D eigenvalue weighted by Gasteiger charge is 2.32. The molecule has 0 fully saturated rings. The van der Waals surface area contributed by atoms with Crippen LogP contribution >= 0.6 is 0 Å². The van der Waals surface area contributed by atoms with Crippen molar-refractivity contribution in [2.24, 2.45) is 0 Å². The third kappa shape index (κ3) is 3.63. The summed E-state index contributed by atoms with van der Waals surface area (Å²) in [6.07, 6.45) is 1.19. The predicted molar refractivity (Wildman–Crippen MR) is 95.6 cm³/mol. The minimum Gasteiger partial charge on any atom is -0.453 e. The standard InChI is InChI=1S/C19H21N3O3/c1-3-22(4-2)17-10-9-13(12-20-17)21-18(23)11-16-14-7-5-6-8-15(14)19(24)25-16/h5-10,12,16H,3-4,11H2,1-2H3,(H,21,23). The number of esters is 1. The molecule has 0 aliphatic carbocycles. The van der Waals surface area contributed by atoms with E-state index in [0.29, 0.717) is 11.3 Å². The molecule has 0 saturated carbocycles. The number of carbonyl (C=O) groups excluding carboxylic acids is 2. The largest absolute Gasteiger partial charge is 0.453 e. The third-order valence-corrected chi connectivity index (χ3v) is 4.27. The van der Waals surface area contributed by atoms with Gasteiger partial charge in [-0.2, -0.15) is 0 Å². The van der Waals surface area contributed by atoms with Crippen molar-refractivity contribution >= 4 is 23.4 Å². The second-order valence-electron chi connectivity index (χ2n) is 5.81. The molecule has 3 rings (SSSR count). The van der Waals surface area contributed by atoms with E-state index < -0.39 is 6.10 Å². The number of nitrogens with zero attached hydrogens (tertiary/aromatic N) is 2. The minimum atomic E-state index is -0.536. The molecule has 6 nitrogen and oxygen atoms in total. The van der Waals surface area contributed by atoms with Crippen LogP contribution in [0.3, 0.4) is 0 Å². The number of cyclic esters (lactones) is 1. The van der Waals surface area contributed by atoms with Gasteiger partial charge < -0.3 is 15.0 Å². The van der Waals surface area contributed by atoms with Gasteiger partial charge in [0.1, 0.15) is 11.9 Å². The van der Waals surface area contributed by atoms with E-state index in [-0.39, 0.29) is 18.3 Å². The van der Waals surface area contributed by atoms with Gasteiger partial charge in [-0.3, -0.25) is 4.79 Å². The Morgan fingerprint density at radius 2 is 1.96 bits per heavy atom. The monoisotopic (exact) mass is 339 g/mol. The summed E-state index contributed by atoms with van der Waals surface area (Å²) in [6, 6.07) is 10.9. The lowest BCUT2D eigenvalue weighted by Crippen LogP contribution is -2.23. The predicted octanol–water partition coefficient (Wildman–Crippen LogP) is 3.17. The number of nitrogens with one attached hydrogen (secondary N) is 1. The molecule has 1 unspecified atom stereocenters. The molecule has 2 aromatic rings. The van der Waals surface area contributed by atoms with Crippen molar-refractivity contribution in [2.75, 3.05) is 23.3 Å². The van der Waals surface area contributed by atoms with Crippen LogP contribution in [0.1, 0.15) is 42.3 Å². The van der Waals surface area contributed by atoms with Crippen LogP contribution in [-0.4, -0.2) is 29.9 Å². The molecule has 1 aromatic carbocycles. The Balaban J connectivity index is 1.63. The van der Waals surface area contributed by atoms with Crippen LogP contribution in [0.2, 0.25) is 0 Å². The summed E-state index contributed by atoms with van der Waals surface area (Å²) < 4.78 is 5.30. The molecule has 130 valence electrons. The van der Waals surface area contributed by atoms with Crippen molar-refractivity contribution in [3.63, 3.8) is 0 Å². The van der Waals surface area contributed by atoms with Gasteiger partial charge in [-0.25, -0.2) is 9.78 Å². The Morgan fingerprint density at radius 3 is 2.64 bits per heavy atom. The quantitative estimate of drug-likeness (QED) is 0.819. The fourth-order valence-corrected chi connectivity index (χ4v) is 2.95. The Bertz CT molecular complexity index is 770. The fourth-order valence-electron chi connectivity index (χ4n) is 2.95. The highest BCUT2D eigenvalue weighted by atomic mass is 16.5. The summed E-state index contributed by atoms with van der Waals surface area (Å²) in [5, 5.41) is 2.81. The lowest BCUT2D eigenvalue weighted by atomic mass is 10.0. The molecule has 1 aliphatic rings. The highest BCUT2D eigenvalue weighted by Crippen LogP contribution is 2.32. The molecule has 1 atom stereocenters. The summed E-state index contributed by atoms with van der Waals surface area (Å²) in [5.41, 5.74) is 1.92. The normalized spacial score (nSPS) is 15.4. The number of carbonyl (C=O) groups is 2. The topological polar surface area (TPSA) is 71.5 Å². The minimum absolute atomic E-state index is 0.0839. The van der Waals surface area contributed by atoms with Crippen LogP contribution in [0.5, 0.6) is 0 Å². The van der Waals surface area contributed by atoms with Crippen LogP contribution in [0.25, 0.3) is 0 Å². The van der Waals surface area contributed by atoms with E-state index in [1.165, 1.54) is 0 Å². The molecule has 1 amide bonds. The van der Waals surface area contributed by atoms with Gasteiger partial charge in [-0.15, -0.1) is 0 Å². The van der Waals surface area contributed by atoms with E-state index in [0.717, 1.165) is 24.5 Å². The van der Waals surface area contributed by atoms with Gasteiger partial charge in [0, 0.05) is 18.7 Å². The lowest BCUT2D eigenvalue weighted by molar-refractivity contribution is -0.118. The molecular weight excluding hydrogens is 318 g/mol. The van der Waals surface area contributed by atoms with Gasteiger partial charge in [0.05, 0.1) is 23.9 Å². The van der Waals surface area contributed by atoms with Crippen LogP contribution < -0.4 is 10.2 Å². The van der Waals surface area contributed by atoms with E-state index in [1.807, 2.05) is 24.3 Å². The maximum Gasteiger partial charge on any atom is 0.339 e. The van der Waals surface area contributed by atoms with E-state index in [9.17, 15) is 9.59 Å². The van der Waals surface area contributed by atoms with Crippen LogP contribution in [0.4, 0.5) is 11.5 Å². The summed E-state index contributed by atoms with van der Waals surface area (Å²) in [7, 11) is 0. The maximum absolute atomic E-state index is 12.3. The van der Waals surface area contributed by atoms with Crippen LogP contribution in [0.15, 0.2) is 42.6 Å². The first-order chi connectivity index (χ1) is 12.1. The molecule has 0 radical (unpaired) electrons. The maximum atomic E-state index is 12.3. The van der Waals surface area contributed by atoms with Crippen LogP contribution in [0, 0.1) is 0 Å². The zero-order valence-electron chi connectivity index (χ0n) is 14.4. The smallest absolute Gasteiger partial charge is 0.339 e. The van der Waals surface area contributed by atoms with Crippen molar-refractivity contribution < 1.29 is 14.3 Å². The number of benzene rings is 1. The van der Waals surface area contributed by atoms with E-state index >= 15 is 0 Å². The second kappa shape index (κ2) is 7.34. The zero-order valence-corrected chi connectivity index (χ0v) is 14.4. The summed E-state index contributed by atoms with van der Waals surface area (Å²) in [5.74, 6) is 0.284. The molecule has 1 N–H and O–H groups in total. The molecule has 0 bridgehead atoms. The first-order valence-corrected chi connectivity index (χ1v) is 8.43. The van der Waals surface area contributed by atoms with Gasteiger partial charge >= 0.3 is 5.97 Å². The van der Waals surface area contributed by atoms with Crippen molar-refractivity contribution in [1.82, 2.24) is 4.98 Å². The van der Waals surface area contributed by atoms with Crippen molar-refractivity contribution in [3.05, 3.63) is 53.7 Å². The van der Waals surface area contributed by atoms with Crippen molar-refractivity contribution in [1.29, 1.82) is 0 Å². The van der Waals surface area contributed by atoms with Gasteiger partial charge in [0.15, 0.2) is 0 Å². The van der Waals surface area contributed by atoms with Crippen molar-refractivity contribution in [2.45, 2.75) is 26.4 Å². The number of amides is 1. The molecule has 25 heavy (non-hydrogen) atoms. The number of ether oxygens (including phenoxy) is 1. The van der Waals surface area contributed by atoms with Gasteiger partial charge in [0.25, 0.3) is 0 Å². The molecule has 1 aromatic heterocycles. The Hall–Kier alpha value is -2.89.